The number of benzene rings is 2. The zero-order valence-corrected chi connectivity index (χ0v) is 28.4. The average Bonchev–Trinajstić information content (AvgIpc) is 3.47. The lowest BCUT2D eigenvalue weighted by Gasteiger charge is -2.48. The second kappa shape index (κ2) is 12.9. The summed E-state index contributed by atoms with van der Waals surface area (Å²) in [7, 11) is -1.85. The number of hydrogen-bond acceptors (Lipinski definition) is 6. The first-order valence-electron chi connectivity index (χ1n) is 16.0. The van der Waals surface area contributed by atoms with Gasteiger partial charge in [0.2, 0.25) is 11.8 Å². The van der Waals surface area contributed by atoms with E-state index < -0.39 is 19.7 Å². The van der Waals surface area contributed by atoms with Gasteiger partial charge in [-0.05, 0) is 44.7 Å². The largest absolute Gasteiger partial charge is 0.448 e. The number of nitrogens with zero attached hydrogens (tertiary/aromatic N) is 3. The SMILES string of the molecule is CCOC(=O)n1nc(NC(=O)C2([Si](C)(C)C)CCC2)c2c1C(C)(C)N(C(=O)CC(COCc1ccccc1)c1ccccc1)C2. The third kappa shape index (κ3) is 6.35. The van der Waals surface area contributed by atoms with E-state index in [1.165, 1.54) is 4.68 Å². The number of ether oxygens (including phenoxy) is 2. The van der Waals surface area contributed by atoms with Crippen LogP contribution in [0.15, 0.2) is 60.7 Å². The van der Waals surface area contributed by atoms with Gasteiger partial charge in [0.25, 0.3) is 0 Å². The van der Waals surface area contributed by atoms with Gasteiger partial charge in [0.05, 0.1) is 45.7 Å². The summed E-state index contributed by atoms with van der Waals surface area (Å²) in [5, 5.41) is 7.32. The first-order chi connectivity index (χ1) is 21.4. The van der Waals surface area contributed by atoms with E-state index in [0.717, 1.165) is 30.4 Å². The molecule has 2 amide bonds. The molecule has 2 heterocycles. The van der Waals surface area contributed by atoms with Crippen LogP contribution in [0.4, 0.5) is 10.6 Å². The van der Waals surface area contributed by atoms with E-state index in [4.69, 9.17) is 9.47 Å². The van der Waals surface area contributed by atoms with Gasteiger partial charge < -0.3 is 19.7 Å². The molecule has 0 saturated heterocycles. The van der Waals surface area contributed by atoms with E-state index in [2.05, 4.69) is 30.1 Å². The Kier molecular flexibility index (Phi) is 9.37. The summed E-state index contributed by atoms with van der Waals surface area (Å²) in [5.74, 6) is 0.0600. The summed E-state index contributed by atoms with van der Waals surface area (Å²) in [6, 6.07) is 19.9. The fourth-order valence-electron chi connectivity index (χ4n) is 6.82. The molecule has 1 unspecified atom stereocenters. The highest BCUT2D eigenvalue weighted by Gasteiger charge is 2.54. The number of carbonyl (C=O) groups excluding carboxylic acids is 3. The number of anilines is 1. The highest BCUT2D eigenvalue weighted by Crippen LogP contribution is 2.56. The number of nitrogens with one attached hydrogen (secondary N) is 1. The molecule has 1 aliphatic carbocycles. The third-order valence-electron chi connectivity index (χ3n) is 9.73. The molecule has 10 heteroatoms. The molecule has 2 aliphatic rings. The van der Waals surface area contributed by atoms with Gasteiger partial charge in [-0.2, -0.15) is 4.68 Å². The lowest BCUT2D eigenvalue weighted by Crippen LogP contribution is -2.52. The molecule has 0 spiro atoms. The minimum atomic E-state index is -1.85. The summed E-state index contributed by atoms with van der Waals surface area (Å²) in [6.07, 6.45) is 2.34. The number of amides is 2. The predicted molar refractivity (Wildman–Crippen MR) is 177 cm³/mol. The average molecular weight is 631 g/mol. The predicted octanol–water partition coefficient (Wildman–Crippen LogP) is 7.06. The van der Waals surface area contributed by atoms with Crippen LogP contribution in [0.25, 0.3) is 0 Å². The molecule has 1 atom stereocenters. The van der Waals surface area contributed by atoms with Crippen molar-refractivity contribution in [2.75, 3.05) is 18.5 Å². The molecule has 1 saturated carbocycles. The maximum absolute atomic E-state index is 14.2. The lowest BCUT2D eigenvalue weighted by molar-refractivity contribution is -0.137. The van der Waals surface area contributed by atoms with E-state index in [1.54, 1.807) is 11.8 Å². The van der Waals surface area contributed by atoms with Crippen LogP contribution >= 0.6 is 0 Å². The van der Waals surface area contributed by atoms with Gasteiger partial charge in [-0.15, -0.1) is 5.10 Å². The number of fused-ring (bicyclic) bond motifs is 1. The van der Waals surface area contributed by atoms with Crippen LogP contribution in [0.5, 0.6) is 0 Å². The second-order valence-corrected chi connectivity index (χ2v) is 19.2. The van der Waals surface area contributed by atoms with Crippen LogP contribution in [0.1, 0.15) is 74.8 Å². The molecule has 1 fully saturated rings. The summed E-state index contributed by atoms with van der Waals surface area (Å²) < 4.78 is 12.7. The Morgan fingerprint density at radius 3 is 2.22 bits per heavy atom. The van der Waals surface area contributed by atoms with Crippen LogP contribution < -0.4 is 5.32 Å². The van der Waals surface area contributed by atoms with Crippen molar-refractivity contribution in [3.05, 3.63) is 83.0 Å². The third-order valence-corrected chi connectivity index (χ3v) is 13.3. The normalized spacial score (nSPS) is 17.2. The Morgan fingerprint density at radius 1 is 1.00 bits per heavy atom. The zero-order valence-electron chi connectivity index (χ0n) is 27.4. The fraction of sp³-hybridized carbons (Fsp3) is 0.486. The Labute approximate surface area is 267 Å². The number of hydrogen-bond donors (Lipinski definition) is 1. The molecule has 1 N–H and O–H groups in total. The Hall–Kier alpha value is -3.76. The molecule has 0 bridgehead atoms. The fourth-order valence-corrected chi connectivity index (χ4v) is 9.41. The Morgan fingerprint density at radius 2 is 1.64 bits per heavy atom. The number of aromatic nitrogens is 2. The van der Waals surface area contributed by atoms with Crippen LogP contribution in [0, 0.1) is 0 Å². The maximum Gasteiger partial charge on any atom is 0.435 e. The maximum atomic E-state index is 14.2. The molecule has 0 radical (unpaired) electrons. The quantitative estimate of drug-likeness (QED) is 0.228. The van der Waals surface area contributed by atoms with Gasteiger partial charge in [-0.25, -0.2) is 4.79 Å². The number of rotatable bonds is 11. The van der Waals surface area contributed by atoms with Crippen molar-refractivity contribution < 1.29 is 23.9 Å². The van der Waals surface area contributed by atoms with Crippen molar-refractivity contribution in [1.82, 2.24) is 14.7 Å². The molecule has 2 aromatic carbocycles. The zero-order chi connectivity index (χ0) is 32.4. The van der Waals surface area contributed by atoms with Gasteiger partial charge in [-0.3, -0.25) is 9.59 Å². The highest BCUT2D eigenvalue weighted by atomic mass is 28.3. The van der Waals surface area contributed by atoms with Gasteiger partial charge in [0.1, 0.15) is 0 Å². The van der Waals surface area contributed by atoms with E-state index in [9.17, 15) is 14.4 Å². The van der Waals surface area contributed by atoms with Crippen LogP contribution in [-0.2, 0) is 37.8 Å². The lowest BCUT2D eigenvalue weighted by atomic mass is 9.83. The van der Waals surface area contributed by atoms with Gasteiger partial charge in [-0.1, -0.05) is 86.7 Å². The highest BCUT2D eigenvalue weighted by molar-refractivity contribution is 6.83. The minimum absolute atomic E-state index is 0.0356. The van der Waals surface area contributed by atoms with E-state index >= 15 is 0 Å². The molecule has 1 aromatic heterocycles. The first-order valence-corrected chi connectivity index (χ1v) is 19.5. The molecule has 5 rings (SSSR count). The summed E-state index contributed by atoms with van der Waals surface area (Å²) in [5.41, 5.74) is 2.46. The van der Waals surface area contributed by atoms with Crippen LogP contribution in [-0.4, -0.2) is 53.9 Å². The second-order valence-electron chi connectivity index (χ2n) is 13.8. The molecule has 9 nitrogen and oxygen atoms in total. The number of carbonyl (C=O) groups is 3. The summed E-state index contributed by atoms with van der Waals surface area (Å²) in [6.45, 7) is 13.5. The van der Waals surface area contributed by atoms with Crippen molar-refractivity contribution in [3.63, 3.8) is 0 Å². The molecular formula is C35H46N4O5Si. The Bertz CT molecular complexity index is 1530. The molecule has 3 aromatic rings. The summed E-state index contributed by atoms with van der Waals surface area (Å²) in [4.78, 5) is 42.9. The van der Waals surface area contributed by atoms with Crippen molar-refractivity contribution >= 4 is 31.8 Å². The van der Waals surface area contributed by atoms with E-state index in [0.29, 0.717) is 30.3 Å². The van der Waals surface area contributed by atoms with E-state index in [-0.39, 0.29) is 42.3 Å². The molecular weight excluding hydrogens is 584 g/mol. The smallest absolute Gasteiger partial charge is 0.435 e. The van der Waals surface area contributed by atoms with Crippen molar-refractivity contribution in [3.8, 4) is 0 Å². The monoisotopic (exact) mass is 630 g/mol. The topological polar surface area (TPSA) is 103 Å². The molecule has 45 heavy (non-hydrogen) atoms. The Balaban J connectivity index is 1.41. The summed E-state index contributed by atoms with van der Waals surface area (Å²) >= 11 is 0. The van der Waals surface area contributed by atoms with Crippen LogP contribution in [0.2, 0.25) is 24.7 Å². The van der Waals surface area contributed by atoms with Crippen molar-refractivity contribution in [1.29, 1.82) is 0 Å². The van der Waals surface area contributed by atoms with Crippen molar-refractivity contribution in [2.24, 2.45) is 0 Å². The van der Waals surface area contributed by atoms with Crippen molar-refractivity contribution in [2.45, 2.75) is 95.7 Å². The van der Waals surface area contributed by atoms with Gasteiger partial charge >= 0.3 is 6.09 Å². The first kappa shape index (κ1) is 32.6. The van der Waals surface area contributed by atoms with Gasteiger partial charge in [0.15, 0.2) is 5.82 Å². The standard InChI is InChI=1S/C35H46N4O5Si/c1-7-44-33(42)39-30-28(31(37-39)36-32(41)35(19-14-20-35)45(4,5)6)22-38(34(30,2)3)29(40)21-27(26-17-12-9-13-18-26)24-43-23-25-15-10-8-11-16-25/h8-13,15-18,27H,7,14,19-24H2,1-6H3,(H,36,37,41). The molecule has 1 aliphatic heterocycles. The van der Waals surface area contributed by atoms with Crippen LogP contribution in [0.3, 0.4) is 0 Å². The molecule has 240 valence electrons. The minimum Gasteiger partial charge on any atom is -0.448 e. The van der Waals surface area contributed by atoms with E-state index in [1.807, 2.05) is 74.5 Å². The van der Waals surface area contributed by atoms with Gasteiger partial charge in [0, 0.05) is 22.9 Å².